The number of alkyl halides is 2. The molecule has 158 valence electrons. The molecule has 1 aromatic carbocycles. The maximum Gasteiger partial charge on any atom is 0.255 e. The van der Waals surface area contributed by atoms with Crippen LogP contribution >= 0.6 is 0 Å². The normalized spacial score (nSPS) is 15.8. The standard InChI is InChI=1S/C18H26F2N2O5S/c1-3-14-4-5-15(18(23)21(6-9-26-2)13-17(19)20)12-16(14)28(24,25)22-7-10-27-11-8-22/h4-5,12,17H,3,6-11,13H2,1-2H3. The lowest BCUT2D eigenvalue weighted by Crippen LogP contribution is -2.41. The highest BCUT2D eigenvalue weighted by molar-refractivity contribution is 7.89. The molecule has 7 nitrogen and oxygen atoms in total. The smallest absolute Gasteiger partial charge is 0.255 e. The van der Waals surface area contributed by atoms with Gasteiger partial charge in [0.05, 0.1) is 31.3 Å². The number of carbonyl (C=O) groups is 1. The van der Waals surface area contributed by atoms with Gasteiger partial charge in [0.1, 0.15) is 0 Å². The van der Waals surface area contributed by atoms with Crippen LogP contribution < -0.4 is 0 Å². The highest BCUT2D eigenvalue weighted by Crippen LogP contribution is 2.24. The number of hydrogen-bond donors (Lipinski definition) is 0. The second-order valence-corrected chi connectivity index (χ2v) is 8.23. The van der Waals surface area contributed by atoms with E-state index in [1.165, 1.54) is 23.5 Å². The van der Waals surface area contributed by atoms with Crippen LogP contribution in [0.2, 0.25) is 0 Å². The summed E-state index contributed by atoms with van der Waals surface area (Å²) in [5, 5.41) is 0. The van der Waals surface area contributed by atoms with Crippen molar-refractivity contribution < 1.29 is 31.5 Å². The first-order valence-electron chi connectivity index (χ1n) is 9.08. The van der Waals surface area contributed by atoms with Crippen molar-refractivity contribution in [2.45, 2.75) is 24.7 Å². The average Bonchev–Trinajstić information content (AvgIpc) is 2.70. The van der Waals surface area contributed by atoms with Crippen molar-refractivity contribution in [3.05, 3.63) is 29.3 Å². The molecule has 2 rings (SSSR count). The summed E-state index contributed by atoms with van der Waals surface area (Å²) >= 11 is 0. The number of hydrogen-bond acceptors (Lipinski definition) is 5. The van der Waals surface area contributed by atoms with Crippen LogP contribution in [0.1, 0.15) is 22.8 Å². The summed E-state index contributed by atoms with van der Waals surface area (Å²) in [4.78, 5) is 13.8. The number of rotatable bonds is 9. The van der Waals surface area contributed by atoms with Crippen molar-refractivity contribution in [3.63, 3.8) is 0 Å². The summed E-state index contributed by atoms with van der Waals surface area (Å²) in [6, 6.07) is 4.33. The van der Waals surface area contributed by atoms with Gasteiger partial charge in [-0.05, 0) is 24.1 Å². The Morgan fingerprint density at radius 1 is 1.32 bits per heavy atom. The minimum atomic E-state index is -3.82. The molecule has 0 atom stereocenters. The highest BCUT2D eigenvalue weighted by atomic mass is 32.2. The number of benzene rings is 1. The van der Waals surface area contributed by atoms with Crippen molar-refractivity contribution >= 4 is 15.9 Å². The molecule has 0 unspecified atom stereocenters. The van der Waals surface area contributed by atoms with Crippen LogP contribution in [0, 0.1) is 0 Å². The molecule has 0 bridgehead atoms. The van der Waals surface area contributed by atoms with Crippen LogP contribution in [-0.2, 0) is 25.9 Å². The van der Waals surface area contributed by atoms with E-state index in [2.05, 4.69) is 0 Å². The third-order valence-electron chi connectivity index (χ3n) is 4.49. The van der Waals surface area contributed by atoms with E-state index in [4.69, 9.17) is 9.47 Å². The molecule has 1 amide bonds. The summed E-state index contributed by atoms with van der Waals surface area (Å²) in [5.74, 6) is -0.654. The fraction of sp³-hybridized carbons (Fsp3) is 0.611. The maximum atomic E-state index is 13.1. The van der Waals surface area contributed by atoms with E-state index in [1.54, 1.807) is 6.07 Å². The van der Waals surface area contributed by atoms with Crippen LogP contribution in [0.15, 0.2) is 23.1 Å². The lowest BCUT2D eigenvalue weighted by Gasteiger charge is -2.27. The van der Waals surface area contributed by atoms with E-state index in [0.717, 1.165) is 4.90 Å². The Labute approximate surface area is 164 Å². The Hall–Kier alpha value is -1.62. The minimum Gasteiger partial charge on any atom is -0.383 e. The molecule has 1 fully saturated rings. The molecule has 10 heteroatoms. The van der Waals surface area contributed by atoms with Gasteiger partial charge in [-0.3, -0.25) is 4.79 Å². The number of aryl methyl sites for hydroxylation is 1. The van der Waals surface area contributed by atoms with Crippen molar-refractivity contribution in [1.29, 1.82) is 0 Å². The number of amides is 1. The Kier molecular flexibility index (Phi) is 8.29. The van der Waals surface area contributed by atoms with E-state index in [-0.39, 0.29) is 36.7 Å². The number of methoxy groups -OCH3 is 1. The second-order valence-electron chi connectivity index (χ2n) is 6.33. The van der Waals surface area contributed by atoms with Gasteiger partial charge in [-0.1, -0.05) is 13.0 Å². The van der Waals surface area contributed by atoms with E-state index in [9.17, 15) is 22.0 Å². The van der Waals surface area contributed by atoms with Crippen molar-refractivity contribution in [2.75, 3.05) is 53.1 Å². The zero-order valence-corrected chi connectivity index (χ0v) is 16.9. The van der Waals surface area contributed by atoms with Crippen LogP contribution in [0.5, 0.6) is 0 Å². The van der Waals surface area contributed by atoms with Gasteiger partial charge in [0.2, 0.25) is 10.0 Å². The van der Waals surface area contributed by atoms with Gasteiger partial charge in [-0.15, -0.1) is 0 Å². The fourth-order valence-corrected chi connectivity index (χ4v) is 4.70. The molecular weight excluding hydrogens is 394 g/mol. The first kappa shape index (κ1) is 22.7. The molecule has 0 spiro atoms. The van der Waals surface area contributed by atoms with Gasteiger partial charge in [0, 0.05) is 32.3 Å². The van der Waals surface area contributed by atoms with Crippen molar-refractivity contribution in [1.82, 2.24) is 9.21 Å². The molecule has 0 N–H and O–H groups in total. The third kappa shape index (κ3) is 5.47. The summed E-state index contributed by atoms with van der Waals surface area (Å²) in [6.45, 7) is 2.23. The monoisotopic (exact) mass is 420 g/mol. The summed E-state index contributed by atoms with van der Waals surface area (Å²) in [6.07, 6.45) is -2.25. The second kappa shape index (κ2) is 10.2. The Morgan fingerprint density at radius 3 is 2.57 bits per heavy atom. The molecule has 1 saturated heterocycles. The van der Waals surface area contributed by atoms with E-state index >= 15 is 0 Å². The minimum absolute atomic E-state index is 0.0131. The Balaban J connectivity index is 2.38. The molecule has 1 aliphatic rings. The topological polar surface area (TPSA) is 76.2 Å². The molecule has 0 aliphatic carbocycles. The number of ether oxygens (including phenoxy) is 2. The molecule has 28 heavy (non-hydrogen) atoms. The highest BCUT2D eigenvalue weighted by Gasteiger charge is 2.30. The molecule has 0 aromatic heterocycles. The number of nitrogens with zero attached hydrogens (tertiary/aromatic N) is 2. The molecular formula is C18H26F2N2O5S. The summed E-state index contributed by atoms with van der Waals surface area (Å²) in [7, 11) is -2.41. The zero-order valence-electron chi connectivity index (χ0n) is 16.1. The van der Waals surface area contributed by atoms with Crippen LogP contribution in [0.4, 0.5) is 8.78 Å². The van der Waals surface area contributed by atoms with Gasteiger partial charge in [0.15, 0.2) is 0 Å². The number of carbonyl (C=O) groups excluding carboxylic acids is 1. The first-order valence-corrected chi connectivity index (χ1v) is 10.5. The van der Waals surface area contributed by atoms with Gasteiger partial charge in [-0.25, -0.2) is 17.2 Å². The summed E-state index contributed by atoms with van der Waals surface area (Å²) < 4.78 is 63.3. The molecule has 1 aliphatic heterocycles. The third-order valence-corrected chi connectivity index (χ3v) is 6.47. The predicted octanol–water partition coefficient (Wildman–Crippen LogP) is 1.62. The largest absolute Gasteiger partial charge is 0.383 e. The number of morpholine rings is 1. The van der Waals surface area contributed by atoms with E-state index < -0.39 is 28.9 Å². The summed E-state index contributed by atoms with van der Waals surface area (Å²) in [5.41, 5.74) is 0.626. The quantitative estimate of drug-likeness (QED) is 0.607. The number of halogens is 2. The fourth-order valence-electron chi connectivity index (χ4n) is 2.97. The van der Waals surface area contributed by atoms with Crippen molar-refractivity contribution in [3.8, 4) is 0 Å². The Morgan fingerprint density at radius 2 is 2.00 bits per heavy atom. The predicted molar refractivity (Wildman–Crippen MR) is 99.2 cm³/mol. The lowest BCUT2D eigenvalue weighted by atomic mass is 10.1. The molecule has 0 saturated carbocycles. The Bertz CT molecular complexity index is 767. The molecule has 0 radical (unpaired) electrons. The number of sulfonamides is 1. The molecule has 1 heterocycles. The lowest BCUT2D eigenvalue weighted by molar-refractivity contribution is 0.0478. The van der Waals surface area contributed by atoms with Crippen LogP contribution in [-0.4, -0.2) is 83.1 Å². The van der Waals surface area contributed by atoms with Gasteiger partial charge >= 0.3 is 0 Å². The van der Waals surface area contributed by atoms with E-state index in [0.29, 0.717) is 25.2 Å². The maximum absolute atomic E-state index is 13.1. The van der Waals surface area contributed by atoms with Crippen LogP contribution in [0.3, 0.4) is 0 Å². The van der Waals surface area contributed by atoms with Crippen molar-refractivity contribution in [2.24, 2.45) is 0 Å². The molecule has 1 aromatic rings. The van der Waals surface area contributed by atoms with Gasteiger partial charge < -0.3 is 14.4 Å². The van der Waals surface area contributed by atoms with Crippen LogP contribution in [0.25, 0.3) is 0 Å². The van der Waals surface area contributed by atoms with Gasteiger partial charge in [-0.2, -0.15) is 4.31 Å². The SMILES string of the molecule is CCc1ccc(C(=O)N(CCOC)CC(F)F)cc1S(=O)(=O)N1CCOCC1. The zero-order chi connectivity index (χ0) is 20.7. The first-order chi connectivity index (χ1) is 13.3. The average molecular weight is 420 g/mol. The van der Waals surface area contributed by atoms with E-state index in [1.807, 2.05) is 6.92 Å². The van der Waals surface area contributed by atoms with Gasteiger partial charge in [0.25, 0.3) is 12.3 Å².